The predicted molar refractivity (Wildman–Crippen MR) is 108 cm³/mol. The second-order valence-corrected chi connectivity index (χ2v) is 6.67. The standard InChI is InChI=1S/C20H18N6O3/c1-14-19(26(28)29)12-25(23-14)13-20(27)22-17-9-21-24(11-17)10-16-7-4-6-15-5-2-3-8-18(15)16/h2-9,11-12H,10,13H2,1H3,(H,22,27). The molecule has 0 spiro atoms. The smallest absolute Gasteiger partial charge is 0.309 e. The zero-order chi connectivity index (χ0) is 20.4. The number of anilines is 1. The van der Waals surface area contributed by atoms with Crippen LogP contribution in [-0.2, 0) is 17.9 Å². The second-order valence-electron chi connectivity index (χ2n) is 6.67. The van der Waals surface area contributed by atoms with Crippen molar-refractivity contribution in [2.24, 2.45) is 0 Å². The maximum absolute atomic E-state index is 12.2. The van der Waals surface area contributed by atoms with Gasteiger partial charge in [0.05, 0.1) is 23.4 Å². The van der Waals surface area contributed by atoms with Gasteiger partial charge in [0.25, 0.3) is 0 Å². The minimum absolute atomic E-state index is 0.110. The zero-order valence-electron chi connectivity index (χ0n) is 15.6. The normalized spacial score (nSPS) is 10.9. The quantitative estimate of drug-likeness (QED) is 0.402. The summed E-state index contributed by atoms with van der Waals surface area (Å²) < 4.78 is 3.00. The molecule has 1 N–H and O–H groups in total. The van der Waals surface area contributed by atoms with E-state index >= 15 is 0 Å². The first-order valence-corrected chi connectivity index (χ1v) is 8.97. The van der Waals surface area contributed by atoms with E-state index in [0.29, 0.717) is 12.2 Å². The molecule has 4 aromatic rings. The van der Waals surface area contributed by atoms with Gasteiger partial charge in [-0.2, -0.15) is 10.2 Å². The van der Waals surface area contributed by atoms with Crippen LogP contribution < -0.4 is 5.32 Å². The molecule has 2 aromatic carbocycles. The predicted octanol–water partition coefficient (Wildman–Crippen LogP) is 3.14. The number of hydrogen-bond donors (Lipinski definition) is 1. The molecule has 0 aliphatic heterocycles. The van der Waals surface area contributed by atoms with E-state index in [0.717, 1.165) is 16.3 Å². The summed E-state index contributed by atoms with van der Waals surface area (Å²) in [6.07, 6.45) is 4.56. The van der Waals surface area contributed by atoms with Crippen molar-refractivity contribution in [3.05, 3.63) is 82.4 Å². The number of nitrogens with zero attached hydrogens (tertiary/aromatic N) is 5. The molecule has 0 saturated carbocycles. The first kappa shape index (κ1) is 18.4. The van der Waals surface area contributed by atoms with E-state index in [1.165, 1.54) is 17.8 Å². The molecule has 0 fully saturated rings. The fourth-order valence-electron chi connectivity index (χ4n) is 3.23. The van der Waals surface area contributed by atoms with Gasteiger partial charge in [0, 0.05) is 6.20 Å². The van der Waals surface area contributed by atoms with Crippen molar-refractivity contribution >= 4 is 28.1 Å². The van der Waals surface area contributed by atoms with E-state index in [4.69, 9.17) is 0 Å². The van der Waals surface area contributed by atoms with Gasteiger partial charge in [0.1, 0.15) is 18.4 Å². The Labute approximate surface area is 165 Å². The summed E-state index contributed by atoms with van der Waals surface area (Å²) in [7, 11) is 0. The van der Waals surface area contributed by atoms with E-state index in [1.54, 1.807) is 17.1 Å². The van der Waals surface area contributed by atoms with Crippen molar-refractivity contribution in [1.29, 1.82) is 0 Å². The maximum Gasteiger partial charge on any atom is 0.309 e. The Bertz CT molecular complexity index is 1200. The average Bonchev–Trinajstić information content (AvgIpc) is 3.28. The van der Waals surface area contributed by atoms with Gasteiger partial charge in [0.2, 0.25) is 5.91 Å². The van der Waals surface area contributed by atoms with Gasteiger partial charge in [0.15, 0.2) is 0 Å². The van der Waals surface area contributed by atoms with Crippen LogP contribution >= 0.6 is 0 Å². The second kappa shape index (κ2) is 7.55. The van der Waals surface area contributed by atoms with Crippen molar-refractivity contribution in [2.45, 2.75) is 20.0 Å². The molecule has 0 bridgehead atoms. The Morgan fingerprint density at radius 3 is 2.72 bits per heavy atom. The van der Waals surface area contributed by atoms with Crippen LogP contribution in [0.3, 0.4) is 0 Å². The molecule has 9 heteroatoms. The monoisotopic (exact) mass is 390 g/mol. The van der Waals surface area contributed by atoms with Gasteiger partial charge in [-0.1, -0.05) is 42.5 Å². The summed E-state index contributed by atoms with van der Waals surface area (Å²) >= 11 is 0. The number of carbonyl (C=O) groups is 1. The summed E-state index contributed by atoms with van der Waals surface area (Å²) in [5, 5.41) is 24.3. The molecule has 0 aliphatic carbocycles. The third-order valence-corrected chi connectivity index (χ3v) is 4.55. The Morgan fingerprint density at radius 2 is 1.93 bits per heavy atom. The van der Waals surface area contributed by atoms with Gasteiger partial charge in [-0.15, -0.1) is 0 Å². The Kier molecular flexibility index (Phi) is 4.78. The van der Waals surface area contributed by atoms with Crippen LogP contribution in [0.4, 0.5) is 11.4 Å². The minimum atomic E-state index is -0.520. The van der Waals surface area contributed by atoms with Crippen LogP contribution in [0.2, 0.25) is 0 Å². The molecule has 2 heterocycles. The number of benzene rings is 2. The van der Waals surface area contributed by atoms with Crippen molar-refractivity contribution < 1.29 is 9.72 Å². The Balaban J connectivity index is 1.43. The lowest BCUT2D eigenvalue weighted by atomic mass is 10.0. The molecule has 0 unspecified atom stereocenters. The Hall–Kier alpha value is -4.01. The molecule has 1 amide bonds. The lowest BCUT2D eigenvalue weighted by molar-refractivity contribution is -0.385. The van der Waals surface area contributed by atoms with Crippen molar-refractivity contribution in [1.82, 2.24) is 19.6 Å². The largest absolute Gasteiger partial charge is 0.322 e. The lowest BCUT2D eigenvalue weighted by Gasteiger charge is -2.06. The highest BCUT2D eigenvalue weighted by molar-refractivity contribution is 5.90. The van der Waals surface area contributed by atoms with Gasteiger partial charge in [-0.25, -0.2) is 0 Å². The fraction of sp³-hybridized carbons (Fsp3) is 0.150. The SMILES string of the molecule is Cc1nn(CC(=O)Nc2cnn(Cc3cccc4ccccc34)c2)cc1[N+](=O)[O-]. The molecule has 0 atom stereocenters. The Morgan fingerprint density at radius 1 is 1.14 bits per heavy atom. The van der Waals surface area contributed by atoms with Gasteiger partial charge in [-0.3, -0.25) is 24.3 Å². The van der Waals surface area contributed by atoms with Crippen LogP contribution in [0.1, 0.15) is 11.3 Å². The number of aromatic nitrogens is 4. The van der Waals surface area contributed by atoms with Gasteiger partial charge in [-0.05, 0) is 23.3 Å². The third kappa shape index (κ3) is 3.98. The van der Waals surface area contributed by atoms with Crippen LogP contribution in [-0.4, -0.2) is 30.4 Å². The number of rotatable bonds is 6. The van der Waals surface area contributed by atoms with Gasteiger partial charge < -0.3 is 5.32 Å². The third-order valence-electron chi connectivity index (χ3n) is 4.55. The summed E-state index contributed by atoms with van der Waals surface area (Å²) in [6, 6.07) is 14.3. The van der Waals surface area contributed by atoms with Crippen molar-refractivity contribution in [3.8, 4) is 0 Å². The highest BCUT2D eigenvalue weighted by Gasteiger charge is 2.17. The first-order valence-electron chi connectivity index (χ1n) is 8.97. The topological polar surface area (TPSA) is 108 Å². The number of nitro groups is 1. The zero-order valence-corrected chi connectivity index (χ0v) is 15.6. The number of aryl methyl sites for hydroxylation is 1. The number of nitrogens with one attached hydrogen (secondary N) is 1. The lowest BCUT2D eigenvalue weighted by Crippen LogP contribution is -2.18. The highest BCUT2D eigenvalue weighted by Crippen LogP contribution is 2.20. The van der Waals surface area contributed by atoms with E-state index in [2.05, 4.69) is 39.8 Å². The molecule has 9 nitrogen and oxygen atoms in total. The molecule has 2 aromatic heterocycles. The van der Waals surface area contributed by atoms with E-state index in [9.17, 15) is 14.9 Å². The van der Waals surface area contributed by atoms with Crippen LogP contribution in [0, 0.1) is 17.0 Å². The average molecular weight is 390 g/mol. The summed E-state index contributed by atoms with van der Waals surface area (Å²) in [4.78, 5) is 22.6. The van der Waals surface area contributed by atoms with E-state index < -0.39 is 4.92 Å². The van der Waals surface area contributed by atoms with Crippen molar-refractivity contribution in [2.75, 3.05) is 5.32 Å². The number of amides is 1. The number of carbonyl (C=O) groups excluding carboxylic acids is 1. The van der Waals surface area contributed by atoms with Crippen LogP contribution in [0.25, 0.3) is 10.8 Å². The maximum atomic E-state index is 12.2. The summed E-state index contributed by atoms with van der Waals surface area (Å²) in [5.74, 6) is -0.341. The molecule has 0 aliphatic rings. The molecule has 29 heavy (non-hydrogen) atoms. The van der Waals surface area contributed by atoms with Crippen molar-refractivity contribution in [3.63, 3.8) is 0 Å². The minimum Gasteiger partial charge on any atom is -0.322 e. The van der Waals surface area contributed by atoms with Crippen LogP contribution in [0.15, 0.2) is 61.1 Å². The van der Waals surface area contributed by atoms with Crippen LogP contribution in [0.5, 0.6) is 0 Å². The number of hydrogen-bond acceptors (Lipinski definition) is 5. The molecular formula is C20H18N6O3. The molecular weight excluding hydrogens is 372 g/mol. The fourth-order valence-corrected chi connectivity index (χ4v) is 3.23. The molecule has 4 rings (SSSR count). The van der Waals surface area contributed by atoms with Gasteiger partial charge >= 0.3 is 5.69 Å². The van der Waals surface area contributed by atoms with E-state index in [-0.39, 0.29) is 23.8 Å². The highest BCUT2D eigenvalue weighted by atomic mass is 16.6. The first-order chi connectivity index (χ1) is 14.0. The summed E-state index contributed by atoms with van der Waals surface area (Å²) in [6.45, 7) is 1.98. The molecule has 0 saturated heterocycles. The van der Waals surface area contributed by atoms with E-state index in [1.807, 2.05) is 18.2 Å². The summed E-state index contributed by atoms with van der Waals surface area (Å²) in [5.41, 5.74) is 1.84. The molecule has 0 radical (unpaired) electrons. The molecule has 146 valence electrons. The number of fused-ring (bicyclic) bond motifs is 1.